The minimum absolute atomic E-state index is 0.00991. The number of carbonyl (C=O) groups is 4. The van der Waals surface area contributed by atoms with Crippen molar-refractivity contribution in [3.8, 4) is 0 Å². The molecule has 1 unspecified atom stereocenters. The number of nitrogens with zero attached hydrogens (tertiary/aromatic N) is 1. The smallest absolute Gasteiger partial charge is 0.309 e. The van der Waals surface area contributed by atoms with Gasteiger partial charge in [-0.3, -0.25) is 14.4 Å². The van der Waals surface area contributed by atoms with Crippen LogP contribution in [0, 0.1) is 23.7 Å². The van der Waals surface area contributed by atoms with Crippen LogP contribution in [0.3, 0.4) is 0 Å². The number of epoxide rings is 1. The quantitative estimate of drug-likeness (QED) is 0.238. The number of ketones is 1. The van der Waals surface area contributed by atoms with E-state index in [1.807, 2.05) is 20.8 Å². The molecule has 12 nitrogen and oxygen atoms in total. The molecule has 0 aromatic rings. The van der Waals surface area contributed by atoms with Crippen molar-refractivity contribution in [1.29, 1.82) is 0 Å². The average Bonchev–Trinajstić information content (AvgIpc) is 3.64. The highest BCUT2D eigenvalue weighted by Crippen LogP contribution is 2.45. The van der Waals surface area contributed by atoms with Crippen molar-refractivity contribution >= 4 is 24.0 Å². The Morgan fingerprint density at radius 1 is 1.13 bits per heavy atom. The number of carbonyl (C=O) groups excluding carboxylic acids is 4. The second-order valence-electron chi connectivity index (χ2n) is 13.5. The van der Waals surface area contributed by atoms with Crippen molar-refractivity contribution in [3.63, 3.8) is 0 Å². The Kier molecular flexibility index (Phi) is 12.9. The molecule has 3 heterocycles. The number of aliphatic hydroxyl groups excluding tert-OH is 2. The first-order valence-corrected chi connectivity index (χ1v) is 16.1. The first-order valence-electron chi connectivity index (χ1n) is 16.1. The van der Waals surface area contributed by atoms with Crippen LogP contribution in [-0.2, 0) is 42.9 Å². The minimum Gasteiger partial charge on any atom is -0.462 e. The lowest BCUT2D eigenvalue weighted by molar-refractivity contribution is -0.304. The third-order valence-electron chi connectivity index (χ3n) is 9.71. The zero-order valence-corrected chi connectivity index (χ0v) is 28.1. The fourth-order valence-electron chi connectivity index (χ4n) is 6.93. The van der Waals surface area contributed by atoms with E-state index >= 15 is 0 Å². The van der Waals surface area contributed by atoms with Gasteiger partial charge in [-0.05, 0) is 58.9 Å². The van der Waals surface area contributed by atoms with Crippen LogP contribution < -0.4 is 0 Å². The van der Waals surface area contributed by atoms with Crippen molar-refractivity contribution in [2.75, 3.05) is 14.1 Å². The molecule has 2 fully saturated rings. The van der Waals surface area contributed by atoms with Crippen LogP contribution in [0.5, 0.6) is 0 Å². The monoisotopic (exact) mass is 639 g/mol. The number of cyclic esters (lactones) is 1. The summed E-state index contributed by atoms with van der Waals surface area (Å²) in [5.74, 6) is -3.33. The standard InChI is InChI=1S/C33H53NO11/c1-10-24-19(4)31-33(7,45-31)13-11-23(37)17(2)15-22(12-14-35)30(18(3)25(42-21(6)36)16-26(38)43-24)44-32-29(40)27(34(8)9)28(39)20(5)41-32/h11,13-14,17-20,22,24-25,27-32,39-40H,10,12,15-16H2,1-9H3/b13-11+/t17-,18+,19-,20-,22+,24-,25-,27+,28-,29-,30?,31+,32+,33+/m1/s1. The van der Waals surface area contributed by atoms with Gasteiger partial charge >= 0.3 is 11.9 Å². The van der Waals surface area contributed by atoms with Crippen molar-refractivity contribution in [1.82, 2.24) is 4.90 Å². The molecule has 0 amide bonds. The van der Waals surface area contributed by atoms with E-state index in [0.29, 0.717) is 6.42 Å². The summed E-state index contributed by atoms with van der Waals surface area (Å²) < 4.78 is 30.0. The molecule has 0 bridgehead atoms. The number of hydrogen-bond acceptors (Lipinski definition) is 12. The Hall–Kier alpha value is -2.22. The van der Waals surface area contributed by atoms with Crippen LogP contribution in [0.4, 0.5) is 0 Å². The second-order valence-corrected chi connectivity index (χ2v) is 13.5. The molecule has 256 valence electrons. The van der Waals surface area contributed by atoms with Gasteiger partial charge in [0.1, 0.15) is 30.2 Å². The molecule has 0 aliphatic carbocycles. The van der Waals surface area contributed by atoms with Crippen LogP contribution in [0.2, 0.25) is 0 Å². The van der Waals surface area contributed by atoms with Gasteiger partial charge in [-0.25, -0.2) is 0 Å². The van der Waals surface area contributed by atoms with E-state index in [-0.39, 0.29) is 37.1 Å². The Balaban J connectivity index is 2.06. The molecule has 3 rings (SSSR count). The van der Waals surface area contributed by atoms with Gasteiger partial charge in [-0.1, -0.05) is 27.7 Å². The van der Waals surface area contributed by atoms with Crippen molar-refractivity contribution in [3.05, 3.63) is 12.2 Å². The summed E-state index contributed by atoms with van der Waals surface area (Å²) in [6.45, 7) is 12.1. The number of likely N-dealkylation sites (N-methyl/N-ethyl adjacent to an activating group) is 1. The van der Waals surface area contributed by atoms with Crippen molar-refractivity contribution < 1.29 is 53.1 Å². The molecule has 45 heavy (non-hydrogen) atoms. The van der Waals surface area contributed by atoms with Gasteiger partial charge in [-0.15, -0.1) is 0 Å². The fourth-order valence-corrected chi connectivity index (χ4v) is 6.93. The Morgan fingerprint density at radius 2 is 1.80 bits per heavy atom. The number of ether oxygens (including phenoxy) is 5. The van der Waals surface area contributed by atoms with E-state index in [1.54, 1.807) is 45.8 Å². The zero-order chi connectivity index (χ0) is 33.8. The third-order valence-corrected chi connectivity index (χ3v) is 9.71. The molecule has 2 saturated heterocycles. The lowest BCUT2D eigenvalue weighted by Gasteiger charge is -2.46. The molecule has 0 aromatic carbocycles. The van der Waals surface area contributed by atoms with E-state index in [4.69, 9.17) is 23.7 Å². The molecule has 0 aromatic heterocycles. The van der Waals surface area contributed by atoms with E-state index in [0.717, 1.165) is 6.29 Å². The van der Waals surface area contributed by atoms with Gasteiger partial charge in [0.25, 0.3) is 0 Å². The second kappa shape index (κ2) is 15.6. The van der Waals surface area contributed by atoms with Crippen molar-refractivity contribution in [2.24, 2.45) is 23.7 Å². The van der Waals surface area contributed by atoms with Crippen LogP contribution in [0.25, 0.3) is 0 Å². The van der Waals surface area contributed by atoms with Crippen LogP contribution in [0.1, 0.15) is 74.1 Å². The summed E-state index contributed by atoms with van der Waals surface area (Å²) in [5.41, 5.74) is -0.687. The summed E-state index contributed by atoms with van der Waals surface area (Å²) in [4.78, 5) is 52.7. The summed E-state index contributed by atoms with van der Waals surface area (Å²) >= 11 is 0. The van der Waals surface area contributed by atoms with E-state index in [1.165, 1.54) is 13.0 Å². The number of aliphatic hydroxyl groups is 2. The number of allylic oxidation sites excluding steroid dienone is 1. The lowest BCUT2D eigenvalue weighted by Crippen LogP contribution is -2.63. The van der Waals surface area contributed by atoms with E-state index < -0.39 is 84.2 Å². The summed E-state index contributed by atoms with van der Waals surface area (Å²) in [5, 5.41) is 22.0. The highest BCUT2D eigenvalue weighted by Gasteiger charge is 2.55. The molecular weight excluding hydrogens is 586 g/mol. The summed E-state index contributed by atoms with van der Waals surface area (Å²) in [6.07, 6.45) is -2.44. The van der Waals surface area contributed by atoms with E-state index in [9.17, 15) is 29.4 Å². The van der Waals surface area contributed by atoms with Gasteiger partial charge in [0.2, 0.25) is 0 Å². The van der Waals surface area contributed by atoms with Gasteiger partial charge in [-0.2, -0.15) is 0 Å². The van der Waals surface area contributed by atoms with Gasteiger partial charge < -0.3 is 43.6 Å². The largest absolute Gasteiger partial charge is 0.462 e. The zero-order valence-electron chi connectivity index (χ0n) is 28.1. The molecular formula is C33H53NO11. The number of hydrogen-bond donors (Lipinski definition) is 2. The normalized spacial score (nSPS) is 44.0. The predicted molar refractivity (Wildman–Crippen MR) is 163 cm³/mol. The molecule has 0 saturated carbocycles. The molecule has 3 aliphatic rings. The first kappa shape index (κ1) is 37.2. The summed E-state index contributed by atoms with van der Waals surface area (Å²) in [6, 6.07) is -0.725. The molecule has 2 N–H and O–H groups in total. The van der Waals surface area contributed by atoms with Crippen LogP contribution in [-0.4, -0.2) is 114 Å². The minimum atomic E-state index is -1.28. The van der Waals surface area contributed by atoms with E-state index in [2.05, 4.69) is 0 Å². The molecule has 0 spiro atoms. The third kappa shape index (κ3) is 8.99. The Morgan fingerprint density at radius 3 is 2.38 bits per heavy atom. The maximum atomic E-state index is 13.4. The Bertz CT molecular complexity index is 1080. The number of aldehydes is 1. The molecule has 12 heteroatoms. The maximum Gasteiger partial charge on any atom is 0.309 e. The maximum absolute atomic E-state index is 13.4. The van der Waals surface area contributed by atoms with Gasteiger partial charge in [0.05, 0.1) is 36.9 Å². The first-order chi connectivity index (χ1) is 21.0. The predicted octanol–water partition coefficient (Wildman–Crippen LogP) is 2.21. The highest BCUT2D eigenvalue weighted by atomic mass is 16.7. The van der Waals surface area contributed by atoms with Gasteiger partial charge in [0, 0.05) is 31.1 Å². The fraction of sp³-hybridized carbons (Fsp3) is 0.818. The molecule has 0 radical (unpaired) electrons. The number of esters is 2. The number of fused-ring (bicyclic) bond motifs is 1. The topological polar surface area (TPSA) is 161 Å². The lowest BCUT2D eigenvalue weighted by atomic mass is 9.79. The van der Waals surface area contributed by atoms with Crippen molar-refractivity contribution in [2.45, 2.75) is 135 Å². The molecule has 14 atom stereocenters. The van der Waals surface area contributed by atoms with Crippen LogP contribution >= 0.6 is 0 Å². The Labute approximate surface area is 266 Å². The molecule has 3 aliphatic heterocycles. The summed E-state index contributed by atoms with van der Waals surface area (Å²) in [7, 11) is 3.44. The average molecular weight is 640 g/mol. The highest BCUT2D eigenvalue weighted by molar-refractivity contribution is 5.91. The SMILES string of the molecule is CC[C@H]1OC(=O)C[C@@H](OC(C)=O)[C@H](C)C(O[C@@H]2O[C@H](C)[C@@H](O)[C@H](N(C)C)[C@H]2O)[C@@H](CC=O)C[C@@H](C)C(=O)/C=C/[C@]2(C)O[C@H]2[C@@H]1C. The van der Waals surface area contributed by atoms with Gasteiger partial charge in [0.15, 0.2) is 12.1 Å². The number of rotatable bonds is 7. The van der Waals surface area contributed by atoms with Crippen LogP contribution in [0.15, 0.2) is 12.2 Å².